The normalized spacial score (nSPS) is 26.1. The van der Waals surface area contributed by atoms with E-state index >= 15 is 0 Å². The zero-order chi connectivity index (χ0) is 21.3. The van der Waals surface area contributed by atoms with Crippen LogP contribution in [0, 0.1) is 23.7 Å². The summed E-state index contributed by atoms with van der Waals surface area (Å²) in [5.41, 5.74) is 2.16. The topological polar surface area (TPSA) is 90.4 Å². The van der Waals surface area contributed by atoms with E-state index in [4.69, 9.17) is 0 Å². The van der Waals surface area contributed by atoms with Crippen LogP contribution < -0.4 is 10.0 Å². The molecule has 31 heavy (non-hydrogen) atoms. The molecular weight excluding hydrogens is 392 g/mol. The molecular formula is C25H17N2O4-. The first-order chi connectivity index (χ1) is 15.0. The maximum atomic E-state index is 13.1. The number of hydrogen-bond acceptors (Lipinski definition) is 5. The number of allylic oxidation sites excluding steroid dienone is 2. The van der Waals surface area contributed by atoms with Gasteiger partial charge in [-0.05, 0) is 42.5 Å². The summed E-state index contributed by atoms with van der Waals surface area (Å²) in [5.74, 6) is -1.82. The van der Waals surface area contributed by atoms with Crippen molar-refractivity contribution in [1.82, 2.24) is 4.98 Å². The third-order valence-corrected chi connectivity index (χ3v) is 6.81. The van der Waals surface area contributed by atoms with Crippen molar-refractivity contribution in [1.29, 1.82) is 0 Å². The molecule has 152 valence electrons. The SMILES string of the molecule is O=C([O-])c1cc(-c2cccc(N3C(=O)[C@@H]4[C@H](C3=O)[C@H]3C=C[C@H]4C3)c2)nc2ccccc12. The molecule has 2 aromatic carbocycles. The van der Waals surface area contributed by atoms with Crippen LogP contribution in [0.2, 0.25) is 0 Å². The lowest BCUT2D eigenvalue weighted by Gasteiger charge is -2.18. The molecule has 1 saturated carbocycles. The summed E-state index contributed by atoms with van der Waals surface area (Å²) in [5, 5.41) is 12.2. The molecule has 0 unspecified atom stereocenters. The van der Waals surface area contributed by atoms with Crippen molar-refractivity contribution in [3.05, 3.63) is 72.3 Å². The van der Waals surface area contributed by atoms with Gasteiger partial charge in [-0.2, -0.15) is 0 Å². The summed E-state index contributed by atoms with van der Waals surface area (Å²) in [7, 11) is 0. The number of aromatic carboxylic acids is 1. The molecule has 2 fully saturated rings. The molecule has 4 atom stereocenters. The van der Waals surface area contributed by atoms with Crippen LogP contribution in [0.1, 0.15) is 16.8 Å². The van der Waals surface area contributed by atoms with E-state index in [9.17, 15) is 19.5 Å². The largest absolute Gasteiger partial charge is 0.545 e. The Labute approximate surface area is 177 Å². The highest BCUT2D eigenvalue weighted by Gasteiger charge is 2.59. The monoisotopic (exact) mass is 409 g/mol. The number of carboxylic acid groups (broad SMARTS) is 1. The molecule has 2 amide bonds. The number of imide groups is 1. The maximum absolute atomic E-state index is 13.1. The van der Waals surface area contributed by atoms with Gasteiger partial charge in [0.2, 0.25) is 11.8 Å². The Balaban J connectivity index is 1.43. The fourth-order valence-corrected chi connectivity index (χ4v) is 5.45. The number of aromatic nitrogens is 1. The van der Waals surface area contributed by atoms with Gasteiger partial charge in [0.25, 0.3) is 0 Å². The molecule has 2 bridgehead atoms. The van der Waals surface area contributed by atoms with Crippen molar-refractivity contribution in [2.45, 2.75) is 6.42 Å². The standard InChI is InChI=1S/C25H18N2O4/c28-23-21-14-8-9-15(10-14)22(21)24(29)27(23)16-5-3-4-13(11-16)20-12-18(25(30)31)17-6-1-2-7-19(17)26-20/h1-9,11-12,14-15,21-22H,10H2,(H,30,31)/p-1/t14-,15-,21-,22+/m0/s1. The molecule has 6 rings (SSSR count). The number of carbonyl (C=O) groups is 3. The number of carbonyl (C=O) groups excluding carboxylic acids is 3. The number of benzene rings is 2. The molecule has 3 aromatic rings. The summed E-state index contributed by atoms with van der Waals surface area (Å²) < 4.78 is 0. The summed E-state index contributed by atoms with van der Waals surface area (Å²) in [4.78, 5) is 43.8. The Bertz CT molecular complexity index is 1300. The highest BCUT2D eigenvalue weighted by Crippen LogP contribution is 2.53. The predicted molar refractivity (Wildman–Crippen MR) is 112 cm³/mol. The summed E-state index contributed by atoms with van der Waals surface area (Å²) in [6, 6.07) is 15.4. The zero-order valence-electron chi connectivity index (χ0n) is 16.4. The molecule has 2 heterocycles. The van der Waals surface area contributed by atoms with E-state index in [1.54, 1.807) is 48.5 Å². The van der Waals surface area contributed by atoms with Gasteiger partial charge in [0, 0.05) is 16.5 Å². The van der Waals surface area contributed by atoms with Crippen molar-refractivity contribution in [3.63, 3.8) is 0 Å². The second-order valence-electron chi connectivity index (χ2n) is 8.42. The third-order valence-electron chi connectivity index (χ3n) is 6.81. The summed E-state index contributed by atoms with van der Waals surface area (Å²) >= 11 is 0. The minimum atomic E-state index is -1.28. The van der Waals surface area contributed by atoms with Crippen LogP contribution in [0.3, 0.4) is 0 Å². The van der Waals surface area contributed by atoms with Gasteiger partial charge in [0.15, 0.2) is 0 Å². The zero-order valence-corrected chi connectivity index (χ0v) is 16.4. The minimum Gasteiger partial charge on any atom is -0.545 e. The van der Waals surface area contributed by atoms with Crippen LogP contribution >= 0.6 is 0 Å². The number of amides is 2. The van der Waals surface area contributed by atoms with E-state index in [-0.39, 0.29) is 41.0 Å². The van der Waals surface area contributed by atoms with Crippen LogP contribution in [-0.2, 0) is 9.59 Å². The van der Waals surface area contributed by atoms with Gasteiger partial charge in [-0.15, -0.1) is 0 Å². The van der Waals surface area contributed by atoms with E-state index < -0.39 is 5.97 Å². The lowest BCUT2D eigenvalue weighted by molar-refractivity contribution is -0.254. The Morgan fingerprint density at radius 3 is 2.35 bits per heavy atom. The van der Waals surface area contributed by atoms with Gasteiger partial charge in [0.05, 0.1) is 34.7 Å². The fourth-order valence-electron chi connectivity index (χ4n) is 5.45. The maximum Gasteiger partial charge on any atom is 0.238 e. The van der Waals surface area contributed by atoms with Gasteiger partial charge in [-0.3, -0.25) is 9.59 Å². The number of carboxylic acids is 1. The number of hydrogen-bond donors (Lipinski definition) is 0. The van der Waals surface area contributed by atoms with E-state index in [0.29, 0.717) is 27.8 Å². The number of anilines is 1. The molecule has 0 radical (unpaired) electrons. The smallest absolute Gasteiger partial charge is 0.238 e. The molecule has 1 aromatic heterocycles. The molecule has 1 aliphatic heterocycles. The number of fused-ring (bicyclic) bond motifs is 6. The second kappa shape index (κ2) is 6.35. The van der Waals surface area contributed by atoms with Gasteiger partial charge in [-0.25, -0.2) is 9.88 Å². The Morgan fingerprint density at radius 1 is 0.935 bits per heavy atom. The molecule has 1 saturated heterocycles. The first-order valence-corrected chi connectivity index (χ1v) is 10.3. The van der Waals surface area contributed by atoms with Gasteiger partial charge >= 0.3 is 0 Å². The molecule has 6 nitrogen and oxygen atoms in total. The van der Waals surface area contributed by atoms with Crippen molar-refractivity contribution >= 4 is 34.4 Å². The van der Waals surface area contributed by atoms with E-state index in [2.05, 4.69) is 17.1 Å². The molecule has 0 N–H and O–H groups in total. The Hall–Kier alpha value is -3.80. The van der Waals surface area contributed by atoms with Gasteiger partial charge in [0.1, 0.15) is 0 Å². The van der Waals surface area contributed by atoms with E-state index in [0.717, 1.165) is 6.42 Å². The lowest BCUT2D eigenvalue weighted by Crippen LogP contribution is -2.32. The first-order valence-electron chi connectivity index (χ1n) is 10.3. The number of rotatable bonds is 3. The van der Waals surface area contributed by atoms with Crippen LogP contribution in [0.15, 0.2) is 66.7 Å². The number of para-hydroxylation sites is 1. The summed E-state index contributed by atoms with van der Waals surface area (Å²) in [6.45, 7) is 0. The van der Waals surface area contributed by atoms with Crippen molar-refractivity contribution in [2.24, 2.45) is 23.7 Å². The fraction of sp³-hybridized carbons (Fsp3) is 0.200. The van der Waals surface area contributed by atoms with E-state index in [1.165, 1.54) is 11.0 Å². The van der Waals surface area contributed by atoms with E-state index in [1.807, 2.05) is 0 Å². The quantitative estimate of drug-likeness (QED) is 0.490. The first kappa shape index (κ1) is 18.0. The van der Waals surface area contributed by atoms with Crippen molar-refractivity contribution in [3.8, 4) is 11.3 Å². The Morgan fingerprint density at radius 2 is 1.65 bits per heavy atom. The van der Waals surface area contributed by atoms with Crippen molar-refractivity contribution in [2.75, 3.05) is 4.90 Å². The van der Waals surface area contributed by atoms with Crippen LogP contribution in [0.4, 0.5) is 5.69 Å². The molecule has 3 aliphatic rings. The highest BCUT2D eigenvalue weighted by atomic mass is 16.4. The van der Waals surface area contributed by atoms with Crippen molar-refractivity contribution < 1.29 is 19.5 Å². The third kappa shape index (κ3) is 2.51. The van der Waals surface area contributed by atoms with Gasteiger partial charge in [-0.1, -0.05) is 42.5 Å². The average molecular weight is 409 g/mol. The second-order valence-corrected chi connectivity index (χ2v) is 8.42. The van der Waals surface area contributed by atoms with Gasteiger partial charge < -0.3 is 9.90 Å². The Kier molecular flexibility index (Phi) is 3.69. The van der Waals surface area contributed by atoms with Crippen LogP contribution in [0.25, 0.3) is 22.2 Å². The number of pyridine rings is 1. The summed E-state index contributed by atoms with van der Waals surface area (Å²) in [6.07, 6.45) is 5.02. The van der Waals surface area contributed by atoms with Crippen LogP contribution in [0.5, 0.6) is 0 Å². The highest BCUT2D eigenvalue weighted by molar-refractivity contribution is 6.23. The molecule has 6 heteroatoms. The molecule has 0 spiro atoms. The average Bonchev–Trinajstić information content (AvgIpc) is 3.46. The predicted octanol–water partition coefficient (Wildman–Crippen LogP) is 2.58. The lowest BCUT2D eigenvalue weighted by atomic mass is 9.85. The number of nitrogens with zero attached hydrogens (tertiary/aromatic N) is 2. The molecule has 2 aliphatic carbocycles. The van der Waals surface area contributed by atoms with Crippen LogP contribution in [-0.4, -0.2) is 22.8 Å². The minimum absolute atomic E-state index is 0.0523.